The highest BCUT2D eigenvalue weighted by molar-refractivity contribution is 5.46. The van der Waals surface area contributed by atoms with Crippen LogP contribution in [0.25, 0.3) is 0 Å². The van der Waals surface area contributed by atoms with Gasteiger partial charge in [-0.15, -0.1) is 0 Å². The van der Waals surface area contributed by atoms with Crippen LogP contribution in [-0.2, 0) is 0 Å². The van der Waals surface area contributed by atoms with Crippen molar-refractivity contribution in [2.75, 3.05) is 0 Å². The van der Waals surface area contributed by atoms with Gasteiger partial charge in [0, 0.05) is 0 Å². The van der Waals surface area contributed by atoms with Crippen molar-refractivity contribution in [3.63, 3.8) is 0 Å². The molecule has 0 aromatic heterocycles. The van der Waals surface area contributed by atoms with Gasteiger partial charge in [0.05, 0.1) is 0 Å². The lowest BCUT2D eigenvalue weighted by atomic mass is 9.97. The van der Waals surface area contributed by atoms with Crippen molar-refractivity contribution in [3.05, 3.63) is 47.6 Å². The van der Waals surface area contributed by atoms with E-state index in [9.17, 15) is 0 Å². The normalized spacial score (nSPS) is 17.9. The van der Waals surface area contributed by atoms with Crippen LogP contribution in [0.5, 0.6) is 0 Å². The van der Waals surface area contributed by atoms with Crippen molar-refractivity contribution in [1.82, 2.24) is 0 Å². The summed E-state index contributed by atoms with van der Waals surface area (Å²) in [6.45, 7) is 5.59. The van der Waals surface area contributed by atoms with Gasteiger partial charge in [0.2, 0.25) is 0 Å². The maximum Gasteiger partial charge on any atom is 0.142 e. The number of hydrogen-bond acceptors (Lipinski definition) is 5. The van der Waals surface area contributed by atoms with E-state index in [0.717, 1.165) is 5.57 Å². The van der Waals surface area contributed by atoms with Gasteiger partial charge in [0.15, 0.2) is 0 Å². The Morgan fingerprint density at radius 3 is 2.18 bits per heavy atom. The van der Waals surface area contributed by atoms with E-state index in [1.807, 2.05) is 19.1 Å². The SMILES string of the molecule is C=CC(N)(N)C1=CC(C(N)(N)N)=CCC(C)=C1. The maximum atomic E-state index is 5.93. The lowest BCUT2D eigenvalue weighted by molar-refractivity contribution is 0.553. The van der Waals surface area contributed by atoms with E-state index in [4.69, 9.17) is 28.7 Å². The summed E-state index contributed by atoms with van der Waals surface area (Å²) in [7, 11) is 0. The van der Waals surface area contributed by atoms with E-state index in [1.54, 1.807) is 6.08 Å². The fraction of sp³-hybridized carbons (Fsp3) is 0.333. The third-order valence-electron chi connectivity index (χ3n) is 2.69. The van der Waals surface area contributed by atoms with E-state index < -0.39 is 11.4 Å². The van der Waals surface area contributed by atoms with Crippen molar-refractivity contribution in [1.29, 1.82) is 0 Å². The molecule has 10 N–H and O–H groups in total. The van der Waals surface area contributed by atoms with Crippen LogP contribution in [0.3, 0.4) is 0 Å². The summed E-state index contributed by atoms with van der Waals surface area (Å²) in [5.41, 5.74) is 30.1. The van der Waals surface area contributed by atoms with Gasteiger partial charge in [-0.3, -0.25) is 17.2 Å². The quantitative estimate of drug-likeness (QED) is 0.333. The monoisotopic (exact) mass is 235 g/mol. The average Bonchev–Trinajstić information content (AvgIpc) is 2.39. The molecule has 0 amide bonds. The van der Waals surface area contributed by atoms with Crippen molar-refractivity contribution in [2.45, 2.75) is 24.8 Å². The highest BCUT2D eigenvalue weighted by atomic mass is 15.1. The fourth-order valence-electron chi connectivity index (χ4n) is 1.53. The molecule has 1 aliphatic carbocycles. The molecule has 0 saturated carbocycles. The fourth-order valence-corrected chi connectivity index (χ4v) is 1.53. The lowest BCUT2D eigenvalue weighted by Crippen LogP contribution is -2.59. The molecule has 0 bridgehead atoms. The maximum absolute atomic E-state index is 5.93. The predicted octanol–water partition coefficient (Wildman–Crippen LogP) is -0.481. The minimum absolute atomic E-state index is 0.600. The van der Waals surface area contributed by atoms with Crippen molar-refractivity contribution in [3.8, 4) is 0 Å². The van der Waals surface area contributed by atoms with Gasteiger partial charge >= 0.3 is 0 Å². The first kappa shape index (κ1) is 13.8. The predicted molar refractivity (Wildman–Crippen MR) is 71.1 cm³/mol. The first-order valence-corrected chi connectivity index (χ1v) is 5.35. The molecule has 5 heteroatoms. The molecule has 94 valence electrons. The smallest absolute Gasteiger partial charge is 0.142 e. The number of nitrogens with two attached hydrogens (primary N) is 5. The Hall–Kier alpha value is -1.24. The molecule has 0 heterocycles. The van der Waals surface area contributed by atoms with Crippen LogP contribution in [0, 0.1) is 0 Å². The Bertz CT molecular complexity index is 407. The number of allylic oxidation sites excluding steroid dienone is 2. The molecule has 0 aliphatic heterocycles. The van der Waals surface area contributed by atoms with E-state index >= 15 is 0 Å². The zero-order chi connectivity index (χ0) is 13.3. The second-order valence-corrected chi connectivity index (χ2v) is 4.52. The molecule has 0 fully saturated rings. The first-order chi connectivity index (χ1) is 7.66. The Labute approximate surface area is 102 Å². The molecule has 1 rings (SSSR count). The van der Waals surface area contributed by atoms with Crippen LogP contribution in [0.15, 0.2) is 47.6 Å². The molecule has 0 unspecified atom stereocenters. The Morgan fingerprint density at radius 1 is 1.12 bits per heavy atom. The molecule has 0 aromatic rings. The number of rotatable bonds is 3. The molecule has 0 aromatic carbocycles. The Morgan fingerprint density at radius 2 is 1.71 bits per heavy atom. The average molecular weight is 235 g/mol. The molecule has 1 aliphatic rings. The lowest BCUT2D eigenvalue weighted by Gasteiger charge is -2.25. The zero-order valence-corrected chi connectivity index (χ0v) is 10.1. The van der Waals surface area contributed by atoms with Gasteiger partial charge < -0.3 is 11.5 Å². The van der Waals surface area contributed by atoms with Gasteiger partial charge in [-0.2, -0.15) is 0 Å². The highest BCUT2D eigenvalue weighted by Gasteiger charge is 2.24. The van der Waals surface area contributed by atoms with Gasteiger partial charge in [0.25, 0.3) is 0 Å². The molecule has 5 nitrogen and oxygen atoms in total. The zero-order valence-electron chi connectivity index (χ0n) is 10.1. The van der Waals surface area contributed by atoms with E-state index in [1.165, 1.54) is 6.08 Å². The minimum Gasteiger partial charge on any atom is -0.306 e. The summed E-state index contributed by atoms with van der Waals surface area (Å²) in [4.78, 5) is 0. The van der Waals surface area contributed by atoms with Crippen LogP contribution >= 0.6 is 0 Å². The molecular weight excluding hydrogens is 214 g/mol. The molecule has 17 heavy (non-hydrogen) atoms. The van der Waals surface area contributed by atoms with Crippen LogP contribution in [-0.4, -0.2) is 11.4 Å². The third-order valence-corrected chi connectivity index (χ3v) is 2.69. The van der Waals surface area contributed by atoms with Gasteiger partial charge in [-0.1, -0.05) is 30.4 Å². The molecule has 0 spiro atoms. The van der Waals surface area contributed by atoms with Crippen LogP contribution < -0.4 is 28.7 Å². The summed E-state index contributed by atoms with van der Waals surface area (Å²) < 4.78 is 0. The van der Waals surface area contributed by atoms with E-state index in [-0.39, 0.29) is 0 Å². The summed E-state index contributed by atoms with van der Waals surface area (Å²) >= 11 is 0. The van der Waals surface area contributed by atoms with E-state index in [0.29, 0.717) is 17.6 Å². The van der Waals surface area contributed by atoms with Crippen molar-refractivity contribution in [2.24, 2.45) is 28.7 Å². The van der Waals surface area contributed by atoms with Crippen LogP contribution in [0.1, 0.15) is 13.3 Å². The number of hydrogen-bond donors (Lipinski definition) is 5. The van der Waals surface area contributed by atoms with Gasteiger partial charge in [0.1, 0.15) is 11.4 Å². The standard InChI is InChI=1S/C12H21N5/c1-3-11(13,14)10-6-8(2)4-5-9(7-10)12(15,16)17/h3,5-7H,1,4,13-17H2,2H3. The van der Waals surface area contributed by atoms with Gasteiger partial charge in [-0.05, 0) is 30.6 Å². The van der Waals surface area contributed by atoms with E-state index in [2.05, 4.69) is 6.58 Å². The first-order valence-electron chi connectivity index (χ1n) is 5.35. The van der Waals surface area contributed by atoms with Crippen molar-refractivity contribution >= 4 is 0 Å². The topological polar surface area (TPSA) is 130 Å². The van der Waals surface area contributed by atoms with Gasteiger partial charge in [-0.25, -0.2) is 0 Å². The summed E-state index contributed by atoms with van der Waals surface area (Å²) in [5, 5.41) is 0. The Kier molecular flexibility index (Phi) is 3.71. The summed E-state index contributed by atoms with van der Waals surface area (Å²) in [6, 6.07) is 0. The second-order valence-electron chi connectivity index (χ2n) is 4.52. The van der Waals surface area contributed by atoms with Crippen molar-refractivity contribution < 1.29 is 0 Å². The third kappa shape index (κ3) is 3.36. The second kappa shape index (κ2) is 4.56. The summed E-state index contributed by atoms with van der Waals surface area (Å²) in [5.74, 6) is -1.40. The molecule has 0 radical (unpaired) electrons. The minimum atomic E-state index is -1.40. The molecule has 0 saturated heterocycles. The summed E-state index contributed by atoms with van der Waals surface area (Å²) in [6.07, 6.45) is 7.67. The van der Waals surface area contributed by atoms with Crippen LogP contribution in [0.2, 0.25) is 0 Å². The molecule has 0 atom stereocenters. The Balaban J connectivity index is 3.26. The molecular formula is C12H21N5. The highest BCUT2D eigenvalue weighted by Crippen LogP contribution is 2.23. The van der Waals surface area contributed by atoms with Crippen LogP contribution in [0.4, 0.5) is 0 Å². The largest absolute Gasteiger partial charge is 0.306 e.